The van der Waals surface area contributed by atoms with E-state index in [0.29, 0.717) is 71.4 Å². The standard InChI is InChI=1S/C41H53NO11.CH2O/c1-26(2)42(36(44)20-48-27(3)43)31-12-10-11-30(19-31)41(45,32-17-28(13-15-34(32)47-9)37-49-21-39(4,5)22-50-37)33-18-29(14-16-35(33)53-25-46-8)38-51-23-40(6,7)24-52-38;1-2/h10-19,26,37-38,45H,20-25H2,1-9H3;1H2. The summed E-state index contributed by atoms with van der Waals surface area (Å²) in [6.07, 6.45) is -1.40. The predicted octanol–water partition coefficient (Wildman–Crippen LogP) is 6.22. The smallest absolute Gasteiger partial charge is 0.303 e. The molecule has 13 heteroatoms. The van der Waals surface area contributed by atoms with E-state index in [-0.39, 0.29) is 23.7 Å². The Morgan fingerprint density at radius 3 is 1.82 bits per heavy atom. The van der Waals surface area contributed by atoms with Crippen molar-refractivity contribution in [2.45, 2.75) is 72.7 Å². The SMILES string of the molecule is C=O.COCOc1ccc(C2OCC(C)(C)CO2)cc1C(O)(c1cccc(N(C(=O)COC(C)=O)C(C)C)c1)c1cc(C2OCC(C)(C)CO2)ccc1OC. The number of hydrogen-bond donors (Lipinski definition) is 1. The molecule has 55 heavy (non-hydrogen) atoms. The largest absolute Gasteiger partial charge is 0.496 e. The van der Waals surface area contributed by atoms with Crippen LogP contribution in [0.15, 0.2) is 60.7 Å². The fourth-order valence-corrected chi connectivity index (χ4v) is 6.45. The van der Waals surface area contributed by atoms with Gasteiger partial charge in [-0.1, -0.05) is 52.0 Å². The summed E-state index contributed by atoms with van der Waals surface area (Å²) in [5, 5.41) is 13.7. The minimum absolute atomic E-state index is 0.102. The zero-order valence-electron chi connectivity index (χ0n) is 33.3. The molecule has 2 fully saturated rings. The number of esters is 1. The maximum absolute atomic E-state index is 13.7. The Morgan fingerprint density at radius 2 is 1.35 bits per heavy atom. The highest BCUT2D eigenvalue weighted by Crippen LogP contribution is 2.48. The quantitative estimate of drug-likeness (QED) is 0.120. The number of carbonyl (C=O) groups excluding carboxylic acids is 3. The van der Waals surface area contributed by atoms with Gasteiger partial charge in [0.15, 0.2) is 26.0 Å². The topological polar surface area (TPSA) is 149 Å². The number of ether oxygens (including phenoxy) is 8. The zero-order chi connectivity index (χ0) is 40.6. The van der Waals surface area contributed by atoms with Crippen LogP contribution < -0.4 is 14.4 Å². The van der Waals surface area contributed by atoms with E-state index in [2.05, 4.69) is 27.7 Å². The molecular formula is C42H55NO12. The summed E-state index contributed by atoms with van der Waals surface area (Å²) in [5.41, 5.74) is 0.563. The average molecular weight is 766 g/mol. The number of carbonyl (C=O) groups is 3. The summed E-state index contributed by atoms with van der Waals surface area (Å²) < 4.78 is 47.1. The molecule has 0 aliphatic carbocycles. The maximum atomic E-state index is 13.7. The highest BCUT2D eigenvalue weighted by molar-refractivity contribution is 5.95. The number of anilines is 1. The van der Waals surface area contributed by atoms with E-state index >= 15 is 0 Å². The summed E-state index contributed by atoms with van der Waals surface area (Å²) in [6.45, 7) is 16.6. The molecule has 0 aromatic heterocycles. The van der Waals surface area contributed by atoms with E-state index < -0.39 is 36.7 Å². The first kappa shape index (κ1) is 43.4. The minimum Gasteiger partial charge on any atom is -0.496 e. The molecule has 0 bridgehead atoms. The van der Waals surface area contributed by atoms with Crippen LogP contribution in [-0.4, -0.2) is 83.9 Å². The first-order valence-electron chi connectivity index (χ1n) is 18.1. The molecule has 2 aliphatic heterocycles. The number of nitrogens with zero attached hydrogens (tertiary/aromatic N) is 1. The summed E-state index contributed by atoms with van der Waals surface area (Å²) >= 11 is 0. The second kappa shape index (κ2) is 18.5. The molecule has 2 aliphatic rings. The Kier molecular flexibility index (Phi) is 14.6. The van der Waals surface area contributed by atoms with E-state index in [9.17, 15) is 14.7 Å². The van der Waals surface area contributed by atoms with Gasteiger partial charge in [-0.3, -0.25) is 9.59 Å². The van der Waals surface area contributed by atoms with Gasteiger partial charge in [0, 0.05) is 58.8 Å². The van der Waals surface area contributed by atoms with E-state index in [0.717, 1.165) is 0 Å². The highest BCUT2D eigenvalue weighted by Gasteiger charge is 2.42. The molecule has 0 spiro atoms. The molecule has 3 aromatic carbocycles. The predicted molar refractivity (Wildman–Crippen MR) is 204 cm³/mol. The lowest BCUT2D eigenvalue weighted by atomic mass is 9.78. The molecule has 1 amide bonds. The van der Waals surface area contributed by atoms with Crippen molar-refractivity contribution in [3.05, 3.63) is 88.5 Å². The van der Waals surface area contributed by atoms with Crippen molar-refractivity contribution in [1.82, 2.24) is 0 Å². The Hall–Kier alpha value is -4.37. The van der Waals surface area contributed by atoms with Gasteiger partial charge in [0.1, 0.15) is 23.9 Å². The summed E-state index contributed by atoms with van der Waals surface area (Å²) in [7, 11) is 3.05. The van der Waals surface area contributed by atoms with Gasteiger partial charge in [0.2, 0.25) is 0 Å². The second-order valence-corrected chi connectivity index (χ2v) is 15.4. The molecule has 300 valence electrons. The maximum Gasteiger partial charge on any atom is 0.303 e. The number of methoxy groups -OCH3 is 2. The number of amides is 1. The minimum atomic E-state index is -2.00. The van der Waals surface area contributed by atoms with Gasteiger partial charge in [0.25, 0.3) is 5.91 Å². The van der Waals surface area contributed by atoms with Crippen LogP contribution in [0.2, 0.25) is 0 Å². The van der Waals surface area contributed by atoms with Gasteiger partial charge in [-0.05, 0) is 55.8 Å². The Balaban J connectivity index is 0.00000331. The van der Waals surface area contributed by atoms with Gasteiger partial charge >= 0.3 is 5.97 Å². The van der Waals surface area contributed by atoms with Crippen LogP contribution in [0.25, 0.3) is 0 Å². The highest BCUT2D eigenvalue weighted by atomic mass is 16.7. The lowest BCUT2D eigenvalue weighted by Gasteiger charge is -2.37. The Bertz CT molecular complexity index is 1750. The lowest BCUT2D eigenvalue weighted by Crippen LogP contribution is -2.40. The Morgan fingerprint density at radius 1 is 0.836 bits per heavy atom. The van der Waals surface area contributed by atoms with Crippen molar-refractivity contribution in [3.8, 4) is 11.5 Å². The van der Waals surface area contributed by atoms with Crippen LogP contribution in [0.1, 0.15) is 88.9 Å². The normalized spacial score (nSPS) is 18.0. The number of benzene rings is 3. The van der Waals surface area contributed by atoms with Gasteiger partial charge in [-0.2, -0.15) is 0 Å². The molecular weight excluding hydrogens is 710 g/mol. The van der Waals surface area contributed by atoms with Crippen molar-refractivity contribution < 1.29 is 57.4 Å². The Labute approximate surface area is 323 Å². The third-order valence-electron chi connectivity index (χ3n) is 9.11. The van der Waals surface area contributed by atoms with Gasteiger partial charge in [-0.15, -0.1) is 0 Å². The van der Waals surface area contributed by atoms with Crippen LogP contribution in [0.3, 0.4) is 0 Å². The van der Waals surface area contributed by atoms with Gasteiger partial charge in [-0.25, -0.2) is 0 Å². The number of aliphatic hydroxyl groups is 1. The average Bonchev–Trinajstić information content (AvgIpc) is 3.16. The lowest BCUT2D eigenvalue weighted by molar-refractivity contribution is -0.226. The first-order valence-corrected chi connectivity index (χ1v) is 18.1. The monoisotopic (exact) mass is 765 g/mol. The zero-order valence-corrected chi connectivity index (χ0v) is 33.3. The van der Waals surface area contributed by atoms with Crippen LogP contribution in [-0.2, 0) is 48.4 Å². The first-order chi connectivity index (χ1) is 26.1. The van der Waals surface area contributed by atoms with Gasteiger partial charge in [0.05, 0.1) is 33.5 Å². The summed E-state index contributed by atoms with van der Waals surface area (Å²) in [5.74, 6) is -0.291. The molecule has 3 aromatic rings. The third-order valence-corrected chi connectivity index (χ3v) is 9.11. The van der Waals surface area contributed by atoms with Crippen LogP contribution >= 0.6 is 0 Å². The van der Waals surface area contributed by atoms with Crippen LogP contribution in [0.4, 0.5) is 5.69 Å². The molecule has 2 heterocycles. The summed E-state index contributed by atoms with van der Waals surface area (Å²) in [4.78, 5) is 34.6. The number of rotatable bonds is 13. The molecule has 2 saturated heterocycles. The third kappa shape index (κ3) is 10.3. The fraction of sp³-hybridized carbons (Fsp3) is 0.500. The van der Waals surface area contributed by atoms with Crippen molar-refractivity contribution in [2.24, 2.45) is 10.8 Å². The summed E-state index contributed by atoms with van der Waals surface area (Å²) in [6, 6.07) is 17.5. The molecule has 1 atom stereocenters. The van der Waals surface area contributed by atoms with Crippen molar-refractivity contribution in [1.29, 1.82) is 0 Å². The molecule has 0 saturated carbocycles. The van der Waals surface area contributed by atoms with E-state index in [1.807, 2.05) is 38.8 Å². The van der Waals surface area contributed by atoms with Crippen LogP contribution in [0, 0.1) is 10.8 Å². The molecule has 1 unspecified atom stereocenters. The molecule has 5 rings (SSSR count). The van der Waals surface area contributed by atoms with Crippen molar-refractivity contribution in [3.63, 3.8) is 0 Å². The number of hydrogen-bond acceptors (Lipinski definition) is 12. The van der Waals surface area contributed by atoms with Crippen molar-refractivity contribution in [2.75, 3.05) is 58.9 Å². The molecule has 0 radical (unpaired) electrons. The van der Waals surface area contributed by atoms with Crippen molar-refractivity contribution >= 4 is 24.4 Å². The van der Waals surface area contributed by atoms with E-state index in [4.69, 9.17) is 42.7 Å². The molecule has 1 N–H and O–H groups in total. The van der Waals surface area contributed by atoms with Gasteiger partial charge < -0.3 is 52.7 Å². The second-order valence-electron chi connectivity index (χ2n) is 15.4. The van der Waals surface area contributed by atoms with E-state index in [1.54, 1.807) is 42.5 Å². The molecule has 13 nitrogen and oxygen atoms in total. The van der Waals surface area contributed by atoms with Crippen LogP contribution in [0.5, 0.6) is 11.5 Å². The fourth-order valence-electron chi connectivity index (χ4n) is 6.45. The van der Waals surface area contributed by atoms with E-state index in [1.165, 1.54) is 26.0 Å².